The molecule has 0 aliphatic heterocycles. The van der Waals surface area contributed by atoms with Crippen LogP contribution in [0.5, 0.6) is 0 Å². The fourth-order valence-electron chi connectivity index (χ4n) is 5.14. The maximum Gasteiger partial charge on any atom is 0.0986 e. The van der Waals surface area contributed by atoms with Gasteiger partial charge >= 0.3 is 0 Å². The molecule has 0 aromatic rings. The first-order valence-corrected chi connectivity index (χ1v) is 7.80. The summed E-state index contributed by atoms with van der Waals surface area (Å²) in [7, 11) is 0. The van der Waals surface area contributed by atoms with Gasteiger partial charge in [0.1, 0.15) is 0 Å². The third-order valence-corrected chi connectivity index (χ3v) is 5.57. The molecule has 1 unspecified atom stereocenters. The van der Waals surface area contributed by atoms with Crippen LogP contribution in [-0.2, 0) is 0 Å². The highest BCUT2D eigenvalue weighted by Crippen LogP contribution is 2.57. The van der Waals surface area contributed by atoms with Crippen molar-refractivity contribution < 1.29 is 0 Å². The highest BCUT2D eigenvalue weighted by Gasteiger charge is 2.50. The minimum atomic E-state index is 0.113. The van der Waals surface area contributed by atoms with E-state index < -0.39 is 0 Å². The van der Waals surface area contributed by atoms with Gasteiger partial charge in [0.25, 0.3) is 0 Å². The molecule has 0 saturated heterocycles. The molecule has 0 radical (unpaired) electrons. The van der Waals surface area contributed by atoms with E-state index in [1.165, 1.54) is 32.1 Å². The van der Waals surface area contributed by atoms with Gasteiger partial charge in [-0.05, 0) is 74.2 Å². The van der Waals surface area contributed by atoms with E-state index in [4.69, 9.17) is 0 Å². The summed E-state index contributed by atoms with van der Waals surface area (Å²) in [5, 5.41) is 13.0. The molecular weight excluding hydrogens is 220 g/mol. The Morgan fingerprint density at radius 3 is 2.06 bits per heavy atom. The first-order valence-electron chi connectivity index (χ1n) is 7.80. The molecule has 0 spiro atoms. The third-order valence-electron chi connectivity index (χ3n) is 5.57. The maximum atomic E-state index is 9.51. The van der Waals surface area contributed by atoms with Crippen LogP contribution in [0, 0.1) is 46.8 Å². The van der Waals surface area contributed by atoms with E-state index in [9.17, 15) is 5.26 Å². The normalized spacial score (nSPS) is 43.1. The Morgan fingerprint density at radius 2 is 1.61 bits per heavy atom. The van der Waals surface area contributed by atoms with Gasteiger partial charge in [-0.15, -0.1) is 0 Å². The summed E-state index contributed by atoms with van der Waals surface area (Å²) in [6.45, 7) is 5.43. The Balaban J connectivity index is 1.69. The molecule has 0 aromatic heterocycles. The Bertz CT molecular complexity index is 313. The average Bonchev–Trinajstić information content (AvgIpc) is 2.31. The molecule has 4 fully saturated rings. The minimum absolute atomic E-state index is 0.113. The lowest BCUT2D eigenvalue weighted by atomic mass is 9.50. The Morgan fingerprint density at radius 1 is 1.06 bits per heavy atom. The van der Waals surface area contributed by atoms with Gasteiger partial charge in [0, 0.05) is 0 Å². The van der Waals surface area contributed by atoms with Crippen molar-refractivity contribution in [2.45, 2.75) is 52.0 Å². The monoisotopic (exact) mass is 246 g/mol. The molecule has 1 atom stereocenters. The van der Waals surface area contributed by atoms with Crippen molar-refractivity contribution in [2.24, 2.45) is 35.5 Å². The van der Waals surface area contributed by atoms with Gasteiger partial charge in [0.2, 0.25) is 0 Å². The summed E-state index contributed by atoms with van der Waals surface area (Å²) < 4.78 is 0. The van der Waals surface area contributed by atoms with Crippen molar-refractivity contribution in [2.75, 3.05) is 6.54 Å². The lowest BCUT2D eigenvalue weighted by Gasteiger charge is -2.55. The number of rotatable bonds is 4. The van der Waals surface area contributed by atoms with Crippen molar-refractivity contribution in [1.29, 1.82) is 5.26 Å². The highest BCUT2D eigenvalue weighted by atomic mass is 14.9. The van der Waals surface area contributed by atoms with Crippen molar-refractivity contribution in [3.8, 4) is 6.07 Å². The van der Waals surface area contributed by atoms with E-state index in [0.717, 1.165) is 30.2 Å². The molecule has 4 bridgehead atoms. The van der Waals surface area contributed by atoms with Gasteiger partial charge in [-0.1, -0.05) is 13.8 Å². The summed E-state index contributed by atoms with van der Waals surface area (Å²) in [5.41, 5.74) is 0. The van der Waals surface area contributed by atoms with Crippen LogP contribution in [0.25, 0.3) is 0 Å². The number of nitrogens with zero attached hydrogens (tertiary/aromatic N) is 1. The van der Waals surface area contributed by atoms with Crippen LogP contribution in [-0.4, -0.2) is 12.6 Å². The van der Waals surface area contributed by atoms with Crippen LogP contribution >= 0.6 is 0 Å². The average molecular weight is 246 g/mol. The van der Waals surface area contributed by atoms with Crippen LogP contribution in [0.15, 0.2) is 0 Å². The van der Waals surface area contributed by atoms with Crippen LogP contribution in [0.4, 0.5) is 0 Å². The molecular formula is C16H26N2. The predicted octanol–water partition coefficient (Wildman–Crippen LogP) is 3.20. The molecule has 4 aliphatic carbocycles. The second-order valence-electron chi connectivity index (χ2n) is 7.42. The summed E-state index contributed by atoms with van der Waals surface area (Å²) in [4.78, 5) is 0. The molecule has 0 aromatic carbocycles. The third kappa shape index (κ3) is 2.18. The topological polar surface area (TPSA) is 35.8 Å². The van der Waals surface area contributed by atoms with E-state index in [2.05, 4.69) is 25.2 Å². The number of hydrogen-bond acceptors (Lipinski definition) is 2. The Hall–Kier alpha value is -0.550. The van der Waals surface area contributed by atoms with Crippen LogP contribution in [0.3, 0.4) is 0 Å². The van der Waals surface area contributed by atoms with Gasteiger partial charge in [-0.25, -0.2) is 0 Å². The summed E-state index contributed by atoms with van der Waals surface area (Å²) in [5.74, 6) is 5.01. The molecule has 100 valence electrons. The van der Waals surface area contributed by atoms with E-state index >= 15 is 0 Å². The van der Waals surface area contributed by atoms with Gasteiger partial charge < -0.3 is 5.32 Å². The standard InChI is InChI=1S/C16H26N2/c1-10(2)9-18-15(8-17)16-13-4-11-3-12(6-13)7-14(16)5-11/h10-16,18H,3-7,9H2,1-2H3. The summed E-state index contributed by atoms with van der Waals surface area (Å²) in [6.07, 6.45) is 7.16. The first-order chi connectivity index (χ1) is 8.67. The van der Waals surface area contributed by atoms with E-state index in [1.807, 2.05) is 0 Å². The van der Waals surface area contributed by atoms with Gasteiger partial charge in [-0.3, -0.25) is 0 Å². The fraction of sp³-hybridized carbons (Fsp3) is 0.938. The Labute approximate surface area is 111 Å². The Kier molecular flexibility index (Phi) is 3.36. The van der Waals surface area contributed by atoms with E-state index in [-0.39, 0.29) is 6.04 Å². The van der Waals surface area contributed by atoms with Crippen molar-refractivity contribution in [3.63, 3.8) is 0 Å². The zero-order valence-electron chi connectivity index (χ0n) is 11.7. The SMILES string of the molecule is CC(C)CNC(C#N)C1C2CC3CC(C2)CC1C3. The van der Waals surface area contributed by atoms with Crippen LogP contribution in [0.2, 0.25) is 0 Å². The molecule has 0 heterocycles. The molecule has 1 N–H and O–H groups in total. The second kappa shape index (κ2) is 4.85. The zero-order valence-corrected chi connectivity index (χ0v) is 11.7. The molecule has 2 heteroatoms. The smallest absolute Gasteiger partial charge is 0.0986 e. The largest absolute Gasteiger partial charge is 0.301 e. The zero-order chi connectivity index (χ0) is 12.7. The number of hydrogen-bond donors (Lipinski definition) is 1. The van der Waals surface area contributed by atoms with E-state index in [0.29, 0.717) is 11.8 Å². The molecule has 4 aliphatic rings. The van der Waals surface area contributed by atoms with Gasteiger partial charge in [-0.2, -0.15) is 5.26 Å². The van der Waals surface area contributed by atoms with Gasteiger partial charge in [0.05, 0.1) is 12.1 Å². The van der Waals surface area contributed by atoms with Crippen molar-refractivity contribution in [3.05, 3.63) is 0 Å². The lowest BCUT2D eigenvalue weighted by Crippen LogP contribution is -2.53. The quantitative estimate of drug-likeness (QED) is 0.827. The minimum Gasteiger partial charge on any atom is -0.301 e. The first kappa shape index (κ1) is 12.5. The molecule has 0 amide bonds. The molecule has 4 rings (SSSR count). The lowest BCUT2D eigenvalue weighted by molar-refractivity contribution is -0.0445. The number of nitrogens with one attached hydrogen (secondary N) is 1. The summed E-state index contributed by atoms with van der Waals surface area (Å²) >= 11 is 0. The second-order valence-corrected chi connectivity index (χ2v) is 7.42. The van der Waals surface area contributed by atoms with Crippen LogP contribution in [0.1, 0.15) is 46.0 Å². The molecule has 18 heavy (non-hydrogen) atoms. The van der Waals surface area contributed by atoms with Crippen molar-refractivity contribution in [1.82, 2.24) is 5.32 Å². The van der Waals surface area contributed by atoms with Crippen molar-refractivity contribution >= 4 is 0 Å². The van der Waals surface area contributed by atoms with Crippen LogP contribution < -0.4 is 5.32 Å². The van der Waals surface area contributed by atoms with E-state index in [1.54, 1.807) is 0 Å². The van der Waals surface area contributed by atoms with Gasteiger partial charge in [0.15, 0.2) is 0 Å². The summed E-state index contributed by atoms with van der Waals surface area (Å²) in [6, 6.07) is 2.69. The molecule has 4 saturated carbocycles. The number of nitriles is 1. The highest BCUT2D eigenvalue weighted by molar-refractivity contribution is 5.07. The fourth-order valence-corrected chi connectivity index (χ4v) is 5.14. The predicted molar refractivity (Wildman–Crippen MR) is 72.8 cm³/mol. The molecule has 2 nitrogen and oxygen atoms in total. The maximum absolute atomic E-state index is 9.51.